The first-order valence-corrected chi connectivity index (χ1v) is 10.1. The maximum atomic E-state index is 12.6. The summed E-state index contributed by atoms with van der Waals surface area (Å²) < 4.78 is 11.4. The van der Waals surface area contributed by atoms with Crippen molar-refractivity contribution in [1.29, 1.82) is 0 Å². The highest BCUT2D eigenvalue weighted by Gasteiger charge is 2.32. The molecule has 0 heterocycles. The van der Waals surface area contributed by atoms with Gasteiger partial charge in [-0.1, -0.05) is 25.5 Å². The van der Waals surface area contributed by atoms with E-state index >= 15 is 0 Å². The van der Waals surface area contributed by atoms with E-state index in [1.165, 1.54) is 36.8 Å². The van der Waals surface area contributed by atoms with Crippen LogP contribution in [0.4, 0.5) is 0 Å². The third kappa shape index (κ3) is 6.77. The van der Waals surface area contributed by atoms with Gasteiger partial charge in [0.15, 0.2) is 0 Å². The van der Waals surface area contributed by atoms with Gasteiger partial charge in [0.05, 0.1) is 5.56 Å². The largest absolute Gasteiger partial charge is 0.508 e. The van der Waals surface area contributed by atoms with E-state index in [9.17, 15) is 14.7 Å². The molecule has 5 heteroatoms. The third-order valence-corrected chi connectivity index (χ3v) is 5.41. The number of hydrogen-bond donors (Lipinski definition) is 1. The predicted octanol–water partition coefficient (Wildman–Crippen LogP) is 5.34. The lowest BCUT2D eigenvalue weighted by Gasteiger charge is -2.32. The third-order valence-electron chi connectivity index (χ3n) is 5.41. The number of hydrogen-bond acceptors (Lipinski definition) is 5. The van der Waals surface area contributed by atoms with Gasteiger partial charge in [-0.3, -0.25) is 4.79 Å². The van der Waals surface area contributed by atoms with Gasteiger partial charge in [0, 0.05) is 18.8 Å². The van der Waals surface area contributed by atoms with Crippen LogP contribution in [0.25, 0.3) is 0 Å². The van der Waals surface area contributed by atoms with Crippen molar-refractivity contribution in [3.05, 3.63) is 53.1 Å². The van der Waals surface area contributed by atoms with E-state index in [2.05, 4.69) is 26.8 Å². The van der Waals surface area contributed by atoms with Gasteiger partial charge in [0.2, 0.25) is 0 Å². The van der Waals surface area contributed by atoms with Gasteiger partial charge in [0.25, 0.3) is 0 Å². The Balaban J connectivity index is 2.33. The monoisotopic (exact) mass is 400 g/mol. The van der Waals surface area contributed by atoms with Crippen molar-refractivity contribution in [2.75, 3.05) is 0 Å². The molecule has 0 bridgehead atoms. The average Bonchev–Trinajstić information content (AvgIpc) is 2.65. The minimum atomic E-state index is -0.460. The van der Waals surface area contributed by atoms with Gasteiger partial charge in [-0.2, -0.15) is 0 Å². The quantitative estimate of drug-likeness (QED) is 0.547. The number of carbonyl (C=O) groups is 2. The Hall–Kier alpha value is -2.56. The smallest absolute Gasteiger partial charge is 0.338 e. The second-order valence-electron chi connectivity index (χ2n) is 8.51. The van der Waals surface area contributed by atoms with Crippen LogP contribution in [-0.2, 0) is 14.3 Å². The van der Waals surface area contributed by atoms with Crippen LogP contribution in [0.2, 0.25) is 0 Å². The van der Waals surface area contributed by atoms with Crippen LogP contribution in [0.3, 0.4) is 0 Å². The van der Waals surface area contributed by atoms with Crippen LogP contribution in [0.5, 0.6) is 5.75 Å². The van der Waals surface area contributed by atoms with Crippen LogP contribution < -0.4 is 0 Å². The Morgan fingerprint density at radius 2 is 1.76 bits per heavy atom. The Labute approximate surface area is 173 Å². The van der Waals surface area contributed by atoms with Crippen molar-refractivity contribution in [3.63, 3.8) is 0 Å². The fourth-order valence-corrected chi connectivity index (χ4v) is 3.44. The Morgan fingerprint density at radius 1 is 1.10 bits per heavy atom. The molecule has 0 saturated carbocycles. The highest BCUT2D eigenvalue weighted by molar-refractivity contribution is 5.89. The van der Waals surface area contributed by atoms with Gasteiger partial charge in [0.1, 0.15) is 18.0 Å². The molecule has 1 aromatic rings. The molecule has 0 amide bonds. The Morgan fingerprint density at radius 3 is 2.38 bits per heavy atom. The maximum Gasteiger partial charge on any atom is 0.338 e. The highest BCUT2D eigenvalue weighted by Crippen LogP contribution is 2.34. The fraction of sp³-hybridized carbons (Fsp3) is 0.500. The molecule has 1 N–H and O–H groups in total. The molecule has 1 aromatic carbocycles. The zero-order valence-electron chi connectivity index (χ0n) is 18.0. The molecular weight excluding hydrogens is 368 g/mol. The lowest BCUT2D eigenvalue weighted by atomic mass is 9.80. The van der Waals surface area contributed by atoms with Crippen molar-refractivity contribution in [1.82, 2.24) is 0 Å². The molecule has 2 rings (SSSR count). The van der Waals surface area contributed by atoms with E-state index in [0.717, 1.165) is 24.8 Å². The van der Waals surface area contributed by atoms with Crippen LogP contribution in [0, 0.1) is 5.41 Å². The minimum Gasteiger partial charge on any atom is -0.508 e. The van der Waals surface area contributed by atoms with Crippen molar-refractivity contribution >= 4 is 11.9 Å². The van der Waals surface area contributed by atoms with E-state index < -0.39 is 18.2 Å². The van der Waals surface area contributed by atoms with Gasteiger partial charge in [-0.15, -0.1) is 0 Å². The van der Waals surface area contributed by atoms with Crippen LogP contribution >= 0.6 is 0 Å². The van der Waals surface area contributed by atoms with E-state index in [0.29, 0.717) is 12.0 Å². The standard InChI is InChI=1S/C24H32O5/c1-16-7-6-14-24(4,5)22(28-18(3)25)15-17(2)21(13-8-16)29-23(27)19-9-11-20(26)12-10-19/h8-12,15,21-22,26H,6-7,13-14H2,1-5H3/b16-8+,17-15-/t21-,22+/m1/s1. The number of esters is 2. The first-order valence-electron chi connectivity index (χ1n) is 10.1. The molecule has 5 nitrogen and oxygen atoms in total. The molecule has 1 aliphatic rings. The first-order chi connectivity index (χ1) is 13.6. The van der Waals surface area contributed by atoms with Crippen LogP contribution in [-0.4, -0.2) is 29.3 Å². The fourth-order valence-electron chi connectivity index (χ4n) is 3.44. The van der Waals surface area contributed by atoms with Gasteiger partial charge in [-0.05, 0) is 69.0 Å². The summed E-state index contributed by atoms with van der Waals surface area (Å²) in [6.07, 6.45) is 6.61. The van der Waals surface area contributed by atoms with Crippen molar-refractivity contribution in [2.24, 2.45) is 5.41 Å². The SMILES string of the molecule is CC(=O)O[C@H]1/C=C(/C)[C@H](OC(=O)c2ccc(O)cc2)C/C=C(\C)CCCC1(C)C. The zero-order valence-corrected chi connectivity index (χ0v) is 18.0. The normalized spacial score (nSPS) is 26.1. The van der Waals surface area contributed by atoms with Crippen molar-refractivity contribution < 1.29 is 24.2 Å². The summed E-state index contributed by atoms with van der Waals surface area (Å²) in [6, 6.07) is 5.99. The zero-order chi connectivity index (χ0) is 21.6. The molecule has 0 aromatic heterocycles. The van der Waals surface area contributed by atoms with E-state index in [-0.39, 0.29) is 17.1 Å². The van der Waals surface area contributed by atoms with Gasteiger partial charge in [-0.25, -0.2) is 4.79 Å². The van der Waals surface area contributed by atoms with Gasteiger partial charge >= 0.3 is 11.9 Å². The summed E-state index contributed by atoms with van der Waals surface area (Å²) in [4.78, 5) is 24.3. The van der Waals surface area contributed by atoms with Crippen molar-refractivity contribution in [2.45, 2.75) is 72.5 Å². The molecule has 0 fully saturated rings. The Kier molecular flexibility index (Phi) is 7.66. The minimum absolute atomic E-state index is 0.0950. The second kappa shape index (κ2) is 9.77. The summed E-state index contributed by atoms with van der Waals surface area (Å²) in [7, 11) is 0. The Bertz CT molecular complexity index is 786. The maximum absolute atomic E-state index is 12.6. The summed E-state index contributed by atoms with van der Waals surface area (Å²) in [5.41, 5.74) is 2.25. The van der Waals surface area contributed by atoms with Gasteiger partial charge < -0.3 is 14.6 Å². The highest BCUT2D eigenvalue weighted by atomic mass is 16.5. The number of aromatic hydroxyl groups is 1. The summed E-state index contributed by atoms with van der Waals surface area (Å²) in [5.74, 6) is -0.682. The second-order valence-corrected chi connectivity index (χ2v) is 8.51. The molecule has 158 valence electrons. The molecule has 29 heavy (non-hydrogen) atoms. The molecule has 0 unspecified atom stereocenters. The topological polar surface area (TPSA) is 72.8 Å². The van der Waals surface area contributed by atoms with E-state index in [1.54, 1.807) is 0 Å². The number of ether oxygens (including phenoxy) is 2. The average molecular weight is 401 g/mol. The number of carbonyl (C=O) groups excluding carboxylic acids is 2. The van der Waals surface area contributed by atoms with Crippen LogP contribution in [0.1, 0.15) is 70.7 Å². The van der Waals surface area contributed by atoms with Crippen LogP contribution in [0.15, 0.2) is 47.6 Å². The molecule has 0 saturated heterocycles. The summed E-state index contributed by atoms with van der Waals surface area (Å²) >= 11 is 0. The molecular formula is C24H32O5. The number of rotatable bonds is 3. The lowest BCUT2D eigenvalue weighted by molar-refractivity contribution is -0.149. The number of phenols is 1. The molecule has 1 aliphatic carbocycles. The molecule has 0 radical (unpaired) electrons. The first kappa shape index (κ1) is 22.7. The van der Waals surface area contributed by atoms with Crippen molar-refractivity contribution in [3.8, 4) is 5.75 Å². The number of benzene rings is 1. The predicted molar refractivity (Wildman–Crippen MR) is 113 cm³/mol. The molecule has 0 aliphatic heterocycles. The lowest BCUT2D eigenvalue weighted by Crippen LogP contribution is -2.33. The summed E-state index contributed by atoms with van der Waals surface area (Å²) in [5, 5.41) is 9.42. The summed E-state index contributed by atoms with van der Waals surface area (Å²) in [6.45, 7) is 9.60. The number of allylic oxidation sites excluding steroid dienone is 1. The number of phenolic OH excluding ortho intramolecular Hbond substituents is 1. The van der Waals surface area contributed by atoms with E-state index in [4.69, 9.17) is 9.47 Å². The molecule has 0 spiro atoms. The molecule has 2 atom stereocenters. The van der Waals surface area contributed by atoms with E-state index in [1.807, 2.05) is 13.0 Å².